The summed E-state index contributed by atoms with van der Waals surface area (Å²) in [4.78, 5) is 12.3. The van der Waals surface area contributed by atoms with Gasteiger partial charge in [0.15, 0.2) is 17.3 Å². The number of rotatable bonds is 6. The van der Waals surface area contributed by atoms with Gasteiger partial charge in [-0.2, -0.15) is 0 Å². The third-order valence-corrected chi connectivity index (χ3v) is 5.31. The minimum Gasteiger partial charge on any atom is -0.494 e. The summed E-state index contributed by atoms with van der Waals surface area (Å²) in [7, 11) is 0.585. The first-order valence-corrected chi connectivity index (χ1v) is 8.78. The molecule has 0 fully saturated rings. The van der Waals surface area contributed by atoms with Crippen LogP contribution < -0.4 is 4.74 Å². The lowest BCUT2D eigenvalue weighted by Crippen LogP contribution is -2.22. The molecule has 0 atom stereocenters. The number of carbonyl (C=O) groups excluding carboxylic acids is 1. The van der Waals surface area contributed by atoms with Crippen LogP contribution in [0.2, 0.25) is 0 Å². The lowest BCUT2D eigenvalue weighted by molar-refractivity contribution is 0.104. The van der Waals surface area contributed by atoms with Crippen LogP contribution >= 0.6 is 0 Å². The van der Waals surface area contributed by atoms with Gasteiger partial charge in [0.2, 0.25) is 10.0 Å². The van der Waals surface area contributed by atoms with E-state index in [0.29, 0.717) is 5.56 Å². The van der Waals surface area contributed by atoms with Crippen LogP contribution in [0.3, 0.4) is 0 Å². The van der Waals surface area contributed by atoms with Crippen LogP contribution in [0.4, 0.5) is 4.39 Å². The van der Waals surface area contributed by atoms with E-state index in [-0.39, 0.29) is 22.0 Å². The monoisotopic (exact) mass is 363 g/mol. The molecule has 0 unspecified atom stereocenters. The highest BCUT2D eigenvalue weighted by Gasteiger charge is 2.18. The largest absolute Gasteiger partial charge is 0.494 e. The highest BCUT2D eigenvalue weighted by atomic mass is 32.2. The lowest BCUT2D eigenvalue weighted by Gasteiger charge is -2.11. The first-order valence-electron chi connectivity index (χ1n) is 7.34. The third kappa shape index (κ3) is 4.32. The molecule has 0 aliphatic carbocycles. The van der Waals surface area contributed by atoms with Crippen molar-refractivity contribution in [1.82, 2.24) is 4.31 Å². The van der Waals surface area contributed by atoms with Crippen molar-refractivity contribution in [3.63, 3.8) is 0 Å². The van der Waals surface area contributed by atoms with Crippen molar-refractivity contribution in [3.8, 4) is 5.75 Å². The van der Waals surface area contributed by atoms with Gasteiger partial charge in [-0.25, -0.2) is 17.1 Å². The number of halogens is 1. The quantitative estimate of drug-likeness (QED) is 0.585. The SMILES string of the molecule is COc1ccc(/C=C/C(=O)c2cccc(S(=O)(=O)N(C)C)c2)cc1F. The molecule has 5 nitrogen and oxygen atoms in total. The Bertz CT molecular complexity index is 920. The number of ether oxygens (including phenoxy) is 1. The predicted octanol–water partition coefficient (Wildman–Crippen LogP) is 2.98. The summed E-state index contributed by atoms with van der Waals surface area (Å²) in [6.45, 7) is 0. The Morgan fingerprint density at radius 1 is 1.16 bits per heavy atom. The van der Waals surface area contributed by atoms with Crippen molar-refractivity contribution in [2.45, 2.75) is 4.90 Å². The van der Waals surface area contributed by atoms with E-state index in [0.717, 1.165) is 4.31 Å². The molecule has 7 heteroatoms. The summed E-state index contributed by atoms with van der Waals surface area (Å²) in [6, 6.07) is 10.1. The van der Waals surface area contributed by atoms with Crippen LogP contribution in [0.25, 0.3) is 6.08 Å². The molecule has 0 N–H and O–H groups in total. The highest BCUT2D eigenvalue weighted by Crippen LogP contribution is 2.19. The van der Waals surface area contributed by atoms with Gasteiger partial charge in [0.1, 0.15) is 0 Å². The van der Waals surface area contributed by atoms with Crippen LogP contribution in [0.15, 0.2) is 53.4 Å². The maximum atomic E-state index is 13.6. The van der Waals surface area contributed by atoms with Crippen molar-refractivity contribution >= 4 is 21.9 Å². The summed E-state index contributed by atoms with van der Waals surface area (Å²) < 4.78 is 43.8. The summed E-state index contributed by atoms with van der Waals surface area (Å²) in [5, 5.41) is 0. The van der Waals surface area contributed by atoms with Gasteiger partial charge in [-0.15, -0.1) is 0 Å². The fourth-order valence-electron chi connectivity index (χ4n) is 2.08. The average molecular weight is 363 g/mol. The van der Waals surface area contributed by atoms with Gasteiger partial charge >= 0.3 is 0 Å². The molecule has 2 aromatic carbocycles. The van der Waals surface area contributed by atoms with Crippen LogP contribution in [-0.2, 0) is 10.0 Å². The number of allylic oxidation sites excluding steroid dienone is 1. The number of carbonyl (C=O) groups is 1. The molecule has 0 aromatic heterocycles. The fourth-order valence-corrected chi connectivity index (χ4v) is 3.02. The number of benzene rings is 2. The summed E-state index contributed by atoms with van der Waals surface area (Å²) in [5.74, 6) is -0.798. The van der Waals surface area contributed by atoms with E-state index in [1.54, 1.807) is 6.07 Å². The zero-order chi connectivity index (χ0) is 18.6. The van der Waals surface area contributed by atoms with Gasteiger partial charge in [-0.3, -0.25) is 4.79 Å². The number of methoxy groups -OCH3 is 1. The van der Waals surface area contributed by atoms with Crippen LogP contribution in [-0.4, -0.2) is 39.7 Å². The maximum Gasteiger partial charge on any atom is 0.242 e. The van der Waals surface area contributed by atoms with Gasteiger partial charge in [0, 0.05) is 19.7 Å². The minimum absolute atomic E-state index is 0.0345. The number of hydrogen-bond acceptors (Lipinski definition) is 4. The zero-order valence-corrected chi connectivity index (χ0v) is 14.9. The molecule has 2 aromatic rings. The summed E-state index contributed by atoms with van der Waals surface area (Å²) in [6.07, 6.45) is 2.72. The Kier molecular flexibility index (Phi) is 5.71. The molecule has 0 radical (unpaired) electrons. The van der Waals surface area contributed by atoms with Crippen LogP contribution in [0, 0.1) is 5.82 Å². The number of ketones is 1. The molecular formula is C18H18FNO4S. The highest BCUT2D eigenvalue weighted by molar-refractivity contribution is 7.89. The number of nitrogens with zero attached hydrogens (tertiary/aromatic N) is 1. The average Bonchev–Trinajstić information content (AvgIpc) is 2.59. The number of sulfonamides is 1. The van der Waals surface area contributed by atoms with Crippen molar-refractivity contribution in [2.24, 2.45) is 0 Å². The first kappa shape index (κ1) is 18.8. The van der Waals surface area contributed by atoms with E-state index in [4.69, 9.17) is 4.74 Å². The van der Waals surface area contributed by atoms with E-state index < -0.39 is 15.8 Å². The van der Waals surface area contributed by atoms with Crippen LogP contribution in [0.1, 0.15) is 15.9 Å². The standard InChI is InChI=1S/C18H18FNO4S/c1-20(2)25(22,23)15-6-4-5-14(12-15)17(21)9-7-13-8-10-18(24-3)16(19)11-13/h4-12H,1-3H3/b9-7+. The van der Waals surface area contributed by atoms with E-state index in [9.17, 15) is 17.6 Å². The molecule has 25 heavy (non-hydrogen) atoms. The Hall–Kier alpha value is -2.51. The molecule has 0 aliphatic rings. The first-order chi connectivity index (χ1) is 11.8. The third-order valence-electron chi connectivity index (χ3n) is 3.50. The molecule has 2 rings (SSSR count). The predicted molar refractivity (Wildman–Crippen MR) is 93.6 cm³/mol. The smallest absolute Gasteiger partial charge is 0.242 e. The minimum atomic E-state index is -3.62. The Morgan fingerprint density at radius 2 is 1.88 bits per heavy atom. The van der Waals surface area contributed by atoms with E-state index in [2.05, 4.69) is 0 Å². The number of hydrogen-bond donors (Lipinski definition) is 0. The molecular weight excluding hydrogens is 345 g/mol. The molecule has 0 amide bonds. The van der Waals surface area contributed by atoms with Gasteiger partial charge in [0.05, 0.1) is 12.0 Å². The van der Waals surface area contributed by atoms with Crippen molar-refractivity contribution in [2.75, 3.05) is 21.2 Å². The van der Waals surface area contributed by atoms with E-state index in [1.807, 2.05) is 0 Å². The molecule has 0 heterocycles. The lowest BCUT2D eigenvalue weighted by atomic mass is 10.1. The fraction of sp³-hybridized carbons (Fsp3) is 0.167. The second-order valence-corrected chi connectivity index (χ2v) is 7.56. The topological polar surface area (TPSA) is 63.7 Å². The normalized spacial score (nSPS) is 11.9. The van der Waals surface area contributed by atoms with Gasteiger partial charge in [0.25, 0.3) is 0 Å². The Morgan fingerprint density at radius 3 is 2.48 bits per heavy atom. The summed E-state index contributed by atoms with van der Waals surface area (Å²) >= 11 is 0. The van der Waals surface area contributed by atoms with E-state index in [1.165, 1.54) is 69.8 Å². The van der Waals surface area contributed by atoms with Crippen LogP contribution in [0.5, 0.6) is 5.75 Å². The van der Waals surface area contributed by atoms with Crippen molar-refractivity contribution in [1.29, 1.82) is 0 Å². The zero-order valence-electron chi connectivity index (χ0n) is 14.1. The Labute approximate surface area is 146 Å². The maximum absolute atomic E-state index is 13.6. The molecule has 0 saturated heterocycles. The van der Waals surface area contributed by atoms with Gasteiger partial charge in [-0.1, -0.05) is 24.3 Å². The Balaban J connectivity index is 2.25. The summed E-state index contributed by atoms with van der Waals surface area (Å²) in [5.41, 5.74) is 0.719. The molecule has 0 spiro atoms. The molecule has 0 bridgehead atoms. The van der Waals surface area contributed by atoms with Gasteiger partial charge < -0.3 is 4.74 Å². The van der Waals surface area contributed by atoms with E-state index >= 15 is 0 Å². The second-order valence-electron chi connectivity index (χ2n) is 5.41. The van der Waals surface area contributed by atoms with Gasteiger partial charge in [-0.05, 0) is 35.9 Å². The second kappa shape index (κ2) is 7.58. The molecule has 132 valence electrons. The molecule has 0 aliphatic heterocycles. The molecule has 0 saturated carbocycles. The van der Waals surface area contributed by atoms with Crippen molar-refractivity contribution < 1.29 is 22.3 Å². The van der Waals surface area contributed by atoms with Crippen molar-refractivity contribution in [3.05, 3.63) is 65.5 Å².